The van der Waals surface area contributed by atoms with Crippen LogP contribution in [0.15, 0.2) is 28.9 Å². The fourth-order valence-electron chi connectivity index (χ4n) is 4.27. The number of carbonyl (C=O) groups excluding carboxylic acids is 1. The molecule has 0 aliphatic carbocycles. The van der Waals surface area contributed by atoms with Crippen LogP contribution in [-0.4, -0.2) is 44.8 Å². The van der Waals surface area contributed by atoms with Crippen LogP contribution in [0.2, 0.25) is 0 Å². The Hall–Kier alpha value is -2.52. The molecule has 0 bridgehead atoms. The Morgan fingerprint density at radius 3 is 3.03 bits per heavy atom. The molecular weight excluding hydrogens is 446 g/mol. The number of halogens is 1. The highest BCUT2D eigenvalue weighted by molar-refractivity contribution is 9.10. The molecular formula is C21H24BrN7O. The molecule has 1 amide bonds. The Morgan fingerprint density at radius 2 is 2.23 bits per heavy atom. The normalized spacial score (nSPS) is 20.5. The molecule has 8 nitrogen and oxygen atoms in total. The summed E-state index contributed by atoms with van der Waals surface area (Å²) in [6.45, 7) is 4.70. The van der Waals surface area contributed by atoms with Crippen LogP contribution >= 0.6 is 15.9 Å². The summed E-state index contributed by atoms with van der Waals surface area (Å²) in [5.41, 5.74) is 3.05. The third-order valence-electron chi connectivity index (χ3n) is 5.70. The minimum absolute atomic E-state index is 0.0743. The Labute approximate surface area is 183 Å². The van der Waals surface area contributed by atoms with Gasteiger partial charge < -0.3 is 16.0 Å². The SMILES string of the molecule is CCCn1cc2c(C3C(=O)Nc4ccc(Br)cc43)nc(NCC3CCCN3)nc2n1. The topological polar surface area (TPSA) is 96.8 Å². The number of aromatic nitrogens is 4. The van der Waals surface area contributed by atoms with Crippen molar-refractivity contribution in [3.05, 3.63) is 40.1 Å². The highest BCUT2D eigenvalue weighted by atomic mass is 79.9. The van der Waals surface area contributed by atoms with E-state index in [0.29, 0.717) is 23.3 Å². The zero-order chi connectivity index (χ0) is 20.7. The van der Waals surface area contributed by atoms with E-state index in [0.717, 1.165) is 53.6 Å². The smallest absolute Gasteiger partial charge is 0.238 e. The summed E-state index contributed by atoms with van der Waals surface area (Å²) < 4.78 is 2.82. The summed E-state index contributed by atoms with van der Waals surface area (Å²) in [4.78, 5) is 22.4. The predicted molar refractivity (Wildman–Crippen MR) is 120 cm³/mol. The number of aryl methyl sites for hydroxylation is 1. The number of hydrogen-bond acceptors (Lipinski definition) is 6. The van der Waals surface area contributed by atoms with Gasteiger partial charge in [-0.15, -0.1) is 0 Å². The zero-order valence-electron chi connectivity index (χ0n) is 16.8. The average molecular weight is 470 g/mol. The molecule has 2 aliphatic heterocycles. The fourth-order valence-corrected chi connectivity index (χ4v) is 4.64. The number of rotatable bonds is 6. The van der Waals surface area contributed by atoms with Gasteiger partial charge in [0.15, 0.2) is 5.65 Å². The quantitative estimate of drug-likeness (QED) is 0.512. The van der Waals surface area contributed by atoms with E-state index in [4.69, 9.17) is 4.98 Å². The molecule has 156 valence electrons. The van der Waals surface area contributed by atoms with E-state index in [2.05, 4.69) is 48.9 Å². The Kier molecular flexibility index (Phi) is 5.16. The van der Waals surface area contributed by atoms with E-state index in [-0.39, 0.29) is 5.91 Å². The van der Waals surface area contributed by atoms with Gasteiger partial charge >= 0.3 is 0 Å². The molecule has 2 unspecified atom stereocenters. The number of carbonyl (C=O) groups is 1. The maximum absolute atomic E-state index is 13.0. The second kappa shape index (κ2) is 7.96. The van der Waals surface area contributed by atoms with Crippen molar-refractivity contribution in [1.82, 2.24) is 25.1 Å². The number of nitrogens with one attached hydrogen (secondary N) is 3. The Bertz CT molecular complexity index is 1110. The monoisotopic (exact) mass is 469 g/mol. The van der Waals surface area contributed by atoms with Crippen LogP contribution in [0.3, 0.4) is 0 Å². The lowest BCUT2D eigenvalue weighted by molar-refractivity contribution is -0.116. The molecule has 3 aromatic rings. The lowest BCUT2D eigenvalue weighted by Crippen LogP contribution is -2.30. The van der Waals surface area contributed by atoms with Crippen molar-refractivity contribution in [3.63, 3.8) is 0 Å². The van der Waals surface area contributed by atoms with Crippen molar-refractivity contribution in [2.75, 3.05) is 23.7 Å². The van der Waals surface area contributed by atoms with Crippen LogP contribution < -0.4 is 16.0 Å². The fraction of sp³-hybridized carbons (Fsp3) is 0.429. The second-order valence-corrected chi connectivity index (χ2v) is 8.81. The van der Waals surface area contributed by atoms with Gasteiger partial charge in [-0.3, -0.25) is 9.48 Å². The van der Waals surface area contributed by atoms with Crippen molar-refractivity contribution in [2.24, 2.45) is 0 Å². The molecule has 5 rings (SSSR count). The second-order valence-electron chi connectivity index (χ2n) is 7.89. The number of fused-ring (bicyclic) bond motifs is 2. The van der Waals surface area contributed by atoms with Crippen LogP contribution in [0, 0.1) is 0 Å². The molecule has 4 heterocycles. The molecule has 2 aliphatic rings. The molecule has 1 saturated heterocycles. The molecule has 0 spiro atoms. The first kappa shape index (κ1) is 19.4. The highest BCUT2D eigenvalue weighted by Gasteiger charge is 2.35. The summed E-state index contributed by atoms with van der Waals surface area (Å²) in [5, 5.41) is 15.3. The summed E-state index contributed by atoms with van der Waals surface area (Å²) in [7, 11) is 0. The van der Waals surface area contributed by atoms with Gasteiger partial charge in [-0.25, -0.2) is 4.98 Å². The molecule has 0 saturated carbocycles. The van der Waals surface area contributed by atoms with Crippen molar-refractivity contribution in [1.29, 1.82) is 0 Å². The average Bonchev–Trinajstić information content (AvgIpc) is 3.44. The van der Waals surface area contributed by atoms with Crippen LogP contribution in [0.4, 0.5) is 11.6 Å². The lowest BCUT2D eigenvalue weighted by Gasteiger charge is -2.14. The number of amides is 1. The molecule has 30 heavy (non-hydrogen) atoms. The van der Waals surface area contributed by atoms with Crippen LogP contribution in [0.1, 0.15) is 43.4 Å². The Morgan fingerprint density at radius 1 is 1.33 bits per heavy atom. The van der Waals surface area contributed by atoms with Gasteiger partial charge in [-0.2, -0.15) is 10.1 Å². The summed E-state index contributed by atoms with van der Waals surface area (Å²) >= 11 is 3.53. The van der Waals surface area contributed by atoms with E-state index in [9.17, 15) is 4.79 Å². The molecule has 3 N–H and O–H groups in total. The molecule has 9 heteroatoms. The minimum atomic E-state index is -0.493. The molecule has 0 radical (unpaired) electrons. The van der Waals surface area contributed by atoms with Gasteiger partial charge in [0.25, 0.3) is 0 Å². The van der Waals surface area contributed by atoms with Gasteiger partial charge in [-0.05, 0) is 49.6 Å². The molecule has 1 aromatic carbocycles. The van der Waals surface area contributed by atoms with E-state index < -0.39 is 5.92 Å². The minimum Gasteiger partial charge on any atom is -0.353 e. The summed E-state index contributed by atoms with van der Waals surface area (Å²) in [6.07, 6.45) is 5.25. The molecule has 2 atom stereocenters. The van der Waals surface area contributed by atoms with Crippen LogP contribution in [0.5, 0.6) is 0 Å². The van der Waals surface area contributed by atoms with Crippen molar-refractivity contribution in [2.45, 2.75) is 44.7 Å². The molecule has 2 aromatic heterocycles. The zero-order valence-corrected chi connectivity index (χ0v) is 18.4. The first-order valence-electron chi connectivity index (χ1n) is 10.4. The maximum Gasteiger partial charge on any atom is 0.238 e. The largest absolute Gasteiger partial charge is 0.353 e. The lowest BCUT2D eigenvalue weighted by atomic mass is 9.95. The summed E-state index contributed by atoms with van der Waals surface area (Å²) in [5.74, 6) is -0.0496. The highest BCUT2D eigenvalue weighted by Crippen LogP contribution is 2.40. The van der Waals surface area contributed by atoms with Gasteiger partial charge in [0.05, 0.1) is 11.1 Å². The van der Waals surface area contributed by atoms with E-state index in [1.54, 1.807) is 0 Å². The number of benzene rings is 1. The third kappa shape index (κ3) is 3.56. The van der Waals surface area contributed by atoms with Crippen molar-refractivity contribution >= 4 is 44.5 Å². The first-order valence-corrected chi connectivity index (χ1v) is 11.2. The first-order chi connectivity index (χ1) is 14.6. The predicted octanol–water partition coefficient (Wildman–Crippen LogP) is 3.25. The van der Waals surface area contributed by atoms with E-state index in [1.165, 1.54) is 6.42 Å². The standard InChI is InChI=1S/C21H24BrN7O/c1-2-8-29-11-15-18(17-14-9-12(22)5-6-16(14)25-20(17)30)26-21(27-19(15)28-29)24-10-13-4-3-7-23-13/h5-6,9,11,13,17,23H,2-4,7-8,10H2,1H3,(H,25,30)(H,24,27,28). The van der Waals surface area contributed by atoms with E-state index >= 15 is 0 Å². The van der Waals surface area contributed by atoms with Crippen LogP contribution in [-0.2, 0) is 11.3 Å². The maximum atomic E-state index is 13.0. The number of anilines is 2. The van der Waals surface area contributed by atoms with E-state index in [1.807, 2.05) is 29.1 Å². The third-order valence-corrected chi connectivity index (χ3v) is 6.19. The van der Waals surface area contributed by atoms with Crippen molar-refractivity contribution < 1.29 is 4.79 Å². The van der Waals surface area contributed by atoms with Crippen molar-refractivity contribution in [3.8, 4) is 0 Å². The van der Waals surface area contributed by atoms with Gasteiger partial charge in [0.1, 0.15) is 5.92 Å². The number of hydrogen-bond donors (Lipinski definition) is 3. The van der Waals surface area contributed by atoms with Gasteiger partial charge in [-0.1, -0.05) is 22.9 Å². The van der Waals surface area contributed by atoms with Gasteiger partial charge in [0.2, 0.25) is 11.9 Å². The summed E-state index contributed by atoms with van der Waals surface area (Å²) in [6, 6.07) is 6.24. The van der Waals surface area contributed by atoms with Gasteiger partial charge in [0, 0.05) is 35.5 Å². The van der Waals surface area contributed by atoms with Crippen LogP contribution in [0.25, 0.3) is 11.0 Å². The Balaban J connectivity index is 1.58. The molecule has 1 fully saturated rings. The number of nitrogens with zero attached hydrogens (tertiary/aromatic N) is 4.